The van der Waals surface area contributed by atoms with Crippen LogP contribution < -0.4 is 10.9 Å². The Labute approximate surface area is 119 Å². The third-order valence-electron chi connectivity index (χ3n) is 3.30. The molecule has 108 valence electrons. The van der Waals surface area contributed by atoms with E-state index in [1.165, 1.54) is 19.2 Å². The van der Waals surface area contributed by atoms with Crippen molar-refractivity contribution in [3.05, 3.63) is 28.2 Å². The highest BCUT2D eigenvalue weighted by Crippen LogP contribution is 2.27. The molecule has 0 saturated carbocycles. The van der Waals surface area contributed by atoms with Crippen LogP contribution in [0, 0.1) is 0 Å². The number of hydrogen-bond donors (Lipinski definition) is 2. The number of nitrogens with one attached hydrogen (secondary N) is 1. The predicted octanol–water partition coefficient (Wildman–Crippen LogP) is -0.140. The molecule has 0 atom stereocenters. The summed E-state index contributed by atoms with van der Waals surface area (Å²) < 4.78 is 1.04. The van der Waals surface area contributed by atoms with Gasteiger partial charge in [-0.25, -0.2) is 9.48 Å². The number of carboxylic acids is 1. The summed E-state index contributed by atoms with van der Waals surface area (Å²) in [5.41, 5.74) is -1.53. The molecule has 7 nitrogen and oxygen atoms in total. The molecule has 20 heavy (non-hydrogen) atoms. The zero-order chi connectivity index (χ0) is 14.8. The number of aryl methyl sites for hydroxylation is 1. The number of aromatic nitrogens is 2. The summed E-state index contributed by atoms with van der Waals surface area (Å²) in [5.74, 6) is -0.230. The van der Waals surface area contributed by atoms with E-state index in [9.17, 15) is 19.5 Å². The van der Waals surface area contributed by atoms with Crippen molar-refractivity contribution in [3.8, 4) is 0 Å². The van der Waals surface area contributed by atoms with E-state index in [1.807, 2.05) is 0 Å². The van der Waals surface area contributed by atoms with Crippen molar-refractivity contribution in [3.63, 3.8) is 0 Å². The molecular formula is C12H15N3O4S. The molecule has 1 fully saturated rings. The molecule has 8 heteroatoms. The number of carbonyl (C=O) groups excluding carboxylic acids is 1. The summed E-state index contributed by atoms with van der Waals surface area (Å²) in [6.45, 7) is 0. The predicted molar refractivity (Wildman–Crippen MR) is 73.9 cm³/mol. The van der Waals surface area contributed by atoms with Crippen molar-refractivity contribution in [2.45, 2.75) is 18.4 Å². The fourth-order valence-electron chi connectivity index (χ4n) is 2.02. The molecule has 1 saturated heterocycles. The number of nitrogens with zero attached hydrogens (tertiary/aromatic N) is 2. The van der Waals surface area contributed by atoms with Gasteiger partial charge in [0.05, 0.1) is 0 Å². The maximum atomic E-state index is 12.1. The largest absolute Gasteiger partial charge is 0.480 e. The molecule has 1 aromatic heterocycles. The van der Waals surface area contributed by atoms with Gasteiger partial charge in [-0.15, -0.1) is 0 Å². The highest BCUT2D eigenvalue weighted by molar-refractivity contribution is 7.99. The van der Waals surface area contributed by atoms with Crippen molar-refractivity contribution >= 4 is 23.6 Å². The lowest BCUT2D eigenvalue weighted by molar-refractivity contribution is -0.144. The smallest absolute Gasteiger partial charge is 0.329 e. The van der Waals surface area contributed by atoms with Crippen molar-refractivity contribution in [1.82, 2.24) is 15.1 Å². The molecule has 2 N–H and O–H groups in total. The van der Waals surface area contributed by atoms with Gasteiger partial charge in [-0.1, -0.05) is 0 Å². The Bertz CT molecular complexity index is 593. The summed E-state index contributed by atoms with van der Waals surface area (Å²) in [6, 6.07) is 2.52. The Balaban J connectivity index is 2.22. The first-order chi connectivity index (χ1) is 9.44. The van der Waals surface area contributed by atoms with Crippen LogP contribution in [0.1, 0.15) is 23.3 Å². The van der Waals surface area contributed by atoms with Crippen LogP contribution in [0.5, 0.6) is 0 Å². The fourth-order valence-corrected chi connectivity index (χ4v) is 3.21. The van der Waals surface area contributed by atoms with Gasteiger partial charge in [0.1, 0.15) is 11.2 Å². The Hall–Kier alpha value is -1.83. The van der Waals surface area contributed by atoms with Gasteiger partial charge in [-0.2, -0.15) is 16.9 Å². The van der Waals surface area contributed by atoms with Crippen molar-refractivity contribution in [1.29, 1.82) is 0 Å². The van der Waals surface area contributed by atoms with Crippen LogP contribution in [0.2, 0.25) is 0 Å². The van der Waals surface area contributed by atoms with Crippen LogP contribution in [0.3, 0.4) is 0 Å². The van der Waals surface area contributed by atoms with Gasteiger partial charge >= 0.3 is 5.97 Å². The lowest BCUT2D eigenvalue weighted by atomic mass is 9.92. The summed E-state index contributed by atoms with van der Waals surface area (Å²) >= 11 is 1.67. The number of aliphatic carboxylic acids is 1. The van der Waals surface area contributed by atoms with E-state index < -0.39 is 17.4 Å². The zero-order valence-corrected chi connectivity index (χ0v) is 11.8. The van der Waals surface area contributed by atoms with Gasteiger partial charge in [0, 0.05) is 13.1 Å². The highest BCUT2D eigenvalue weighted by Gasteiger charge is 2.41. The molecule has 1 aliphatic heterocycles. The second-order valence-electron chi connectivity index (χ2n) is 4.63. The summed E-state index contributed by atoms with van der Waals surface area (Å²) in [7, 11) is 1.43. The lowest BCUT2D eigenvalue weighted by Crippen LogP contribution is -2.56. The molecule has 0 bridgehead atoms. The molecule has 0 spiro atoms. The molecule has 0 aliphatic carbocycles. The summed E-state index contributed by atoms with van der Waals surface area (Å²) in [6.07, 6.45) is 0.759. The van der Waals surface area contributed by atoms with Crippen molar-refractivity contribution in [2.75, 3.05) is 11.5 Å². The van der Waals surface area contributed by atoms with Gasteiger partial charge in [-0.3, -0.25) is 9.59 Å². The normalized spacial score (nSPS) is 17.4. The first kappa shape index (κ1) is 14.6. The Morgan fingerprint density at radius 2 is 2.05 bits per heavy atom. The number of carbonyl (C=O) groups is 2. The highest BCUT2D eigenvalue weighted by atomic mass is 32.2. The molecule has 2 rings (SSSR count). The molecule has 0 radical (unpaired) electrons. The lowest BCUT2D eigenvalue weighted by Gasteiger charge is -2.33. The van der Waals surface area contributed by atoms with Crippen molar-refractivity contribution in [2.24, 2.45) is 7.05 Å². The minimum Gasteiger partial charge on any atom is -0.480 e. The maximum Gasteiger partial charge on any atom is 0.329 e. The second-order valence-corrected chi connectivity index (χ2v) is 5.86. The average molecular weight is 297 g/mol. The first-order valence-electron chi connectivity index (χ1n) is 6.13. The van der Waals surface area contributed by atoms with Crippen molar-refractivity contribution < 1.29 is 14.7 Å². The fraction of sp³-hybridized carbons (Fsp3) is 0.500. The van der Waals surface area contributed by atoms with Crippen LogP contribution in [0.4, 0.5) is 0 Å². The quantitative estimate of drug-likeness (QED) is 0.805. The zero-order valence-electron chi connectivity index (χ0n) is 11.0. The number of rotatable bonds is 3. The molecule has 1 amide bonds. The van der Waals surface area contributed by atoms with E-state index in [2.05, 4.69) is 10.4 Å². The molecular weight excluding hydrogens is 282 g/mol. The second kappa shape index (κ2) is 5.66. The first-order valence-corrected chi connectivity index (χ1v) is 7.28. The van der Waals surface area contributed by atoms with Crippen LogP contribution in [0.15, 0.2) is 16.9 Å². The van der Waals surface area contributed by atoms with Gasteiger partial charge in [-0.05, 0) is 30.4 Å². The minimum absolute atomic E-state index is 0.0333. The number of thioether (sulfide) groups is 1. The molecule has 2 heterocycles. The van der Waals surface area contributed by atoms with Crippen LogP contribution >= 0.6 is 11.8 Å². The van der Waals surface area contributed by atoms with E-state index in [-0.39, 0.29) is 11.3 Å². The number of amides is 1. The van der Waals surface area contributed by atoms with E-state index in [0.29, 0.717) is 24.3 Å². The van der Waals surface area contributed by atoms with Gasteiger partial charge in [0.2, 0.25) is 0 Å². The third kappa shape index (κ3) is 2.84. The monoisotopic (exact) mass is 297 g/mol. The standard InChI is InChI=1S/C12H15N3O4S/c1-15-9(16)3-2-8(14-15)10(17)13-12(11(18)19)4-6-20-7-5-12/h2-3H,4-7H2,1H3,(H,13,17)(H,18,19). The molecule has 0 unspecified atom stereocenters. The minimum atomic E-state index is -1.24. The molecule has 1 aromatic rings. The van der Waals surface area contributed by atoms with Gasteiger partial charge < -0.3 is 10.4 Å². The summed E-state index contributed by atoms with van der Waals surface area (Å²) in [5, 5.41) is 15.8. The number of hydrogen-bond acceptors (Lipinski definition) is 5. The van der Waals surface area contributed by atoms with Crippen LogP contribution in [-0.4, -0.2) is 43.8 Å². The summed E-state index contributed by atoms with van der Waals surface area (Å²) in [4.78, 5) is 34.8. The maximum absolute atomic E-state index is 12.1. The average Bonchev–Trinajstić information content (AvgIpc) is 2.42. The van der Waals surface area contributed by atoms with E-state index in [0.717, 1.165) is 4.68 Å². The SMILES string of the molecule is Cn1nc(C(=O)NC2(C(=O)O)CCSCC2)ccc1=O. The van der Waals surface area contributed by atoms with Crippen LogP contribution in [0.25, 0.3) is 0 Å². The third-order valence-corrected chi connectivity index (χ3v) is 4.29. The van der Waals surface area contributed by atoms with Gasteiger partial charge in [0.15, 0.2) is 0 Å². The topological polar surface area (TPSA) is 101 Å². The van der Waals surface area contributed by atoms with E-state index >= 15 is 0 Å². The molecule has 1 aliphatic rings. The Morgan fingerprint density at radius 3 is 2.60 bits per heavy atom. The van der Waals surface area contributed by atoms with Crippen LogP contribution in [-0.2, 0) is 11.8 Å². The Morgan fingerprint density at radius 1 is 1.40 bits per heavy atom. The van der Waals surface area contributed by atoms with E-state index in [1.54, 1.807) is 11.8 Å². The molecule has 0 aromatic carbocycles. The van der Waals surface area contributed by atoms with Gasteiger partial charge in [0.25, 0.3) is 11.5 Å². The number of carboxylic acid groups (broad SMARTS) is 1. The van der Waals surface area contributed by atoms with E-state index in [4.69, 9.17) is 0 Å². The Kier molecular flexibility index (Phi) is 4.12.